The zero-order valence-corrected chi connectivity index (χ0v) is 16.7. The SMILES string of the molecule is O=c1cc(C(F)(F)F)c2cc(Cc3ccc(S(=O)(=O)N4CCCC4)cc3)ccc2[nH]1. The zero-order valence-electron chi connectivity index (χ0n) is 15.9. The van der Waals surface area contributed by atoms with E-state index in [0.29, 0.717) is 31.1 Å². The Balaban J connectivity index is 1.63. The maximum atomic E-state index is 13.3. The third-order valence-electron chi connectivity index (χ3n) is 5.25. The summed E-state index contributed by atoms with van der Waals surface area (Å²) in [7, 11) is -3.51. The fourth-order valence-electron chi connectivity index (χ4n) is 3.74. The molecule has 5 nitrogen and oxygen atoms in total. The number of nitrogens with one attached hydrogen (secondary N) is 1. The van der Waals surface area contributed by atoms with E-state index in [0.717, 1.165) is 18.4 Å². The van der Waals surface area contributed by atoms with E-state index in [1.165, 1.54) is 28.6 Å². The highest BCUT2D eigenvalue weighted by Gasteiger charge is 2.33. The van der Waals surface area contributed by atoms with Gasteiger partial charge in [0.1, 0.15) is 0 Å². The molecule has 0 unspecified atom stereocenters. The van der Waals surface area contributed by atoms with Gasteiger partial charge in [0.2, 0.25) is 15.6 Å². The van der Waals surface area contributed by atoms with E-state index in [9.17, 15) is 26.4 Å². The predicted octanol–water partition coefficient (Wildman–Crippen LogP) is 3.92. The lowest BCUT2D eigenvalue weighted by molar-refractivity contribution is -0.136. The molecule has 0 spiro atoms. The monoisotopic (exact) mass is 436 g/mol. The lowest BCUT2D eigenvalue weighted by Crippen LogP contribution is -2.27. The van der Waals surface area contributed by atoms with E-state index in [2.05, 4.69) is 4.98 Å². The summed E-state index contributed by atoms with van der Waals surface area (Å²) < 4.78 is 66.6. The van der Waals surface area contributed by atoms with E-state index >= 15 is 0 Å². The number of halogens is 3. The molecular formula is C21H19F3N2O3S. The molecule has 1 aliphatic heterocycles. The van der Waals surface area contributed by atoms with Crippen molar-refractivity contribution in [3.63, 3.8) is 0 Å². The Morgan fingerprint density at radius 3 is 2.20 bits per heavy atom. The van der Waals surface area contributed by atoms with Crippen molar-refractivity contribution >= 4 is 20.9 Å². The number of hydrogen-bond acceptors (Lipinski definition) is 3. The van der Waals surface area contributed by atoms with Crippen molar-refractivity contribution in [2.45, 2.75) is 30.3 Å². The van der Waals surface area contributed by atoms with E-state index in [1.54, 1.807) is 18.2 Å². The van der Waals surface area contributed by atoms with Gasteiger partial charge in [-0.2, -0.15) is 17.5 Å². The molecule has 1 fully saturated rings. The maximum absolute atomic E-state index is 13.3. The van der Waals surface area contributed by atoms with Gasteiger partial charge in [-0.3, -0.25) is 4.79 Å². The zero-order chi connectivity index (χ0) is 21.5. The molecule has 2 aromatic carbocycles. The van der Waals surface area contributed by atoms with Crippen LogP contribution in [0.3, 0.4) is 0 Å². The van der Waals surface area contributed by atoms with Crippen molar-refractivity contribution in [2.24, 2.45) is 0 Å². The Hall–Kier alpha value is -2.65. The average Bonchev–Trinajstić information content (AvgIpc) is 3.23. The number of H-pyrrole nitrogens is 1. The van der Waals surface area contributed by atoms with E-state index in [4.69, 9.17) is 0 Å². The van der Waals surface area contributed by atoms with Gasteiger partial charge < -0.3 is 4.98 Å². The number of hydrogen-bond donors (Lipinski definition) is 1. The molecule has 1 aromatic heterocycles. The summed E-state index contributed by atoms with van der Waals surface area (Å²) in [4.78, 5) is 14.2. The number of rotatable bonds is 4. The number of aromatic nitrogens is 1. The normalized spacial score (nSPS) is 15.7. The first-order valence-corrected chi connectivity index (χ1v) is 10.9. The molecule has 158 valence electrons. The molecule has 30 heavy (non-hydrogen) atoms. The van der Waals surface area contributed by atoms with Gasteiger partial charge in [0.25, 0.3) is 0 Å². The molecule has 0 atom stereocenters. The summed E-state index contributed by atoms with van der Waals surface area (Å²) in [6.45, 7) is 1.04. The lowest BCUT2D eigenvalue weighted by Gasteiger charge is -2.15. The lowest BCUT2D eigenvalue weighted by atomic mass is 10.0. The molecule has 0 radical (unpaired) electrons. The van der Waals surface area contributed by atoms with Crippen molar-refractivity contribution in [2.75, 3.05) is 13.1 Å². The third-order valence-corrected chi connectivity index (χ3v) is 7.16. The van der Waals surface area contributed by atoms with Gasteiger partial charge in [0.15, 0.2) is 0 Å². The van der Waals surface area contributed by atoms with Gasteiger partial charge in [-0.05, 0) is 54.7 Å². The van der Waals surface area contributed by atoms with Crippen LogP contribution in [0.2, 0.25) is 0 Å². The van der Waals surface area contributed by atoms with E-state index in [1.807, 2.05) is 0 Å². The number of fused-ring (bicyclic) bond motifs is 1. The Morgan fingerprint density at radius 1 is 0.933 bits per heavy atom. The van der Waals surface area contributed by atoms with Crippen LogP contribution in [0.4, 0.5) is 13.2 Å². The standard InChI is InChI=1S/C21H19F3N2O3S/c22-21(23,24)18-13-20(27)25-19-8-5-15(12-17(18)19)11-14-3-6-16(7-4-14)30(28,29)26-9-1-2-10-26/h3-8,12-13H,1-2,9-11H2,(H,25,27). The summed E-state index contributed by atoms with van der Waals surface area (Å²) >= 11 is 0. The molecule has 0 bridgehead atoms. The number of sulfonamides is 1. The van der Waals surface area contributed by atoms with Crippen LogP contribution in [0.15, 0.2) is 58.2 Å². The van der Waals surface area contributed by atoms with Gasteiger partial charge >= 0.3 is 6.18 Å². The Kier molecular flexibility index (Phi) is 5.19. The van der Waals surface area contributed by atoms with Crippen LogP contribution >= 0.6 is 0 Å². The summed E-state index contributed by atoms with van der Waals surface area (Å²) in [6.07, 6.45) is -2.61. The second-order valence-corrected chi connectivity index (χ2v) is 9.29. The number of nitrogens with zero attached hydrogens (tertiary/aromatic N) is 1. The number of alkyl halides is 3. The molecular weight excluding hydrogens is 417 g/mol. The average molecular weight is 436 g/mol. The molecule has 0 amide bonds. The van der Waals surface area contributed by atoms with Gasteiger partial charge in [-0.15, -0.1) is 0 Å². The fourth-order valence-corrected chi connectivity index (χ4v) is 5.25. The first-order chi connectivity index (χ1) is 14.1. The highest BCUT2D eigenvalue weighted by molar-refractivity contribution is 7.89. The molecule has 9 heteroatoms. The summed E-state index contributed by atoms with van der Waals surface area (Å²) in [6, 6.07) is 11.5. The number of benzene rings is 2. The minimum atomic E-state index is -4.64. The van der Waals surface area contributed by atoms with Crippen LogP contribution in [-0.2, 0) is 22.6 Å². The van der Waals surface area contributed by atoms with Gasteiger partial charge in [0, 0.05) is 30.1 Å². The van der Waals surface area contributed by atoms with Crippen molar-refractivity contribution in [1.29, 1.82) is 0 Å². The second-order valence-electron chi connectivity index (χ2n) is 7.36. The summed E-state index contributed by atoms with van der Waals surface area (Å²) in [5.41, 5.74) is -0.277. The molecule has 1 N–H and O–H groups in total. The van der Waals surface area contributed by atoms with Crippen LogP contribution in [0.5, 0.6) is 0 Å². The van der Waals surface area contributed by atoms with Crippen LogP contribution in [-0.4, -0.2) is 30.8 Å². The minimum Gasteiger partial charge on any atom is -0.322 e. The number of pyridine rings is 1. The summed E-state index contributed by atoms with van der Waals surface area (Å²) in [5, 5.41) is -0.0761. The maximum Gasteiger partial charge on any atom is 0.417 e. The second kappa shape index (κ2) is 7.55. The third kappa shape index (κ3) is 3.99. The topological polar surface area (TPSA) is 70.2 Å². The highest BCUT2D eigenvalue weighted by atomic mass is 32.2. The van der Waals surface area contributed by atoms with Crippen LogP contribution in [0, 0.1) is 0 Å². The van der Waals surface area contributed by atoms with E-state index < -0.39 is 27.3 Å². The quantitative estimate of drug-likeness (QED) is 0.674. The van der Waals surface area contributed by atoms with Crippen molar-refractivity contribution in [3.05, 3.63) is 75.6 Å². The van der Waals surface area contributed by atoms with Crippen LogP contribution < -0.4 is 5.56 Å². The molecule has 1 aliphatic rings. The first kappa shape index (κ1) is 20.6. The fraction of sp³-hybridized carbons (Fsp3) is 0.286. The molecule has 1 saturated heterocycles. The molecule has 0 aliphatic carbocycles. The van der Waals surface area contributed by atoms with Crippen molar-refractivity contribution in [3.8, 4) is 0 Å². The Morgan fingerprint density at radius 2 is 1.57 bits per heavy atom. The smallest absolute Gasteiger partial charge is 0.322 e. The molecule has 2 heterocycles. The number of aromatic amines is 1. The Bertz CT molecular complexity index is 1240. The minimum absolute atomic E-state index is 0.0761. The Labute approximate surface area is 171 Å². The van der Waals surface area contributed by atoms with Crippen molar-refractivity contribution < 1.29 is 21.6 Å². The van der Waals surface area contributed by atoms with Gasteiger partial charge in [-0.25, -0.2) is 8.42 Å². The summed E-state index contributed by atoms with van der Waals surface area (Å²) in [5.74, 6) is 0. The largest absolute Gasteiger partial charge is 0.417 e. The van der Waals surface area contributed by atoms with Gasteiger partial charge in [-0.1, -0.05) is 18.2 Å². The molecule has 3 aromatic rings. The van der Waals surface area contributed by atoms with E-state index in [-0.39, 0.29) is 15.8 Å². The van der Waals surface area contributed by atoms with Crippen molar-refractivity contribution in [1.82, 2.24) is 9.29 Å². The van der Waals surface area contributed by atoms with Crippen LogP contribution in [0.25, 0.3) is 10.9 Å². The van der Waals surface area contributed by atoms with Crippen LogP contribution in [0.1, 0.15) is 29.5 Å². The predicted molar refractivity (Wildman–Crippen MR) is 107 cm³/mol. The highest BCUT2D eigenvalue weighted by Crippen LogP contribution is 2.33. The molecule has 4 rings (SSSR count). The van der Waals surface area contributed by atoms with Gasteiger partial charge in [0.05, 0.1) is 10.5 Å². The molecule has 0 saturated carbocycles. The first-order valence-electron chi connectivity index (χ1n) is 9.47.